The number of likely N-dealkylation sites (tertiary alicyclic amines) is 1. The number of benzene rings is 2. The number of aryl methyl sites for hydroxylation is 1. The van der Waals surface area contributed by atoms with E-state index in [2.05, 4.69) is 9.97 Å². The Morgan fingerprint density at radius 1 is 1.03 bits per heavy atom. The van der Waals surface area contributed by atoms with Crippen LogP contribution in [0.3, 0.4) is 0 Å². The molecule has 6 rings (SSSR count). The number of nitrogens with zero attached hydrogens (tertiary/aromatic N) is 3. The standard InChI is InChI=1S/C29H30Cl2N4O3/c30-24-14-21(18-1-3-19(4-2-18)28(36)34-9-11-38-12-10-34)15-25(31)23(24)13-20-7-8-35(29(20)37)22-5-6-26-27(16-22)33-17-32-26/h1-4,14-15,17,20,22H,5-13,16H2,(H,32,33). The van der Waals surface area contributed by atoms with Crippen LogP contribution in [0.5, 0.6) is 0 Å². The highest BCUT2D eigenvalue weighted by Crippen LogP contribution is 2.36. The SMILES string of the molecule is O=C(c1ccc(-c2cc(Cl)c(CC3CCN(C4CCc5[nH]cnc5C4)C3=O)c(Cl)c2)cc1)N1CCOCC1. The third-order valence-corrected chi connectivity index (χ3v) is 8.79. The second-order valence-electron chi connectivity index (χ2n) is 10.3. The van der Waals surface area contributed by atoms with Gasteiger partial charge in [0.25, 0.3) is 5.91 Å². The Bertz CT molecular complexity index is 1330. The van der Waals surface area contributed by atoms with Crippen LogP contribution in [0, 0.1) is 5.92 Å². The Hall–Kier alpha value is -2.87. The third-order valence-electron chi connectivity index (χ3n) is 8.11. The second-order valence-corrected chi connectivity index (χ2v) is 11.2. The molecule has 2 fully saturated rings. The molecule has 2 aliphatic heterocycles. The zero-order valence-electron chi connectivity index (χ0n) is 21.1. The Morgan fingerprint density at radius 2 is 1.76 bits per heavy atom. The van der Waals surface area contributed by atoms with E-state index in [-0.39, 0.29) is 23.8 Å². The van der Waals surface area contributed by atoms with Gasteiger partial charge in [0.2, 0.25) is 5.91 Å². The van der Waals surface area contributed by atoms with Crippen LogP contribution in [0.25, 0.3) is 11.1 Å². The molecule has 0 bridgehead atoms. The van der Waals surface area contributed by atoms with Crippen molar-refractivity contribution in [3.05, 3.63) is 75.3 Å². The number of imidazole rings is 1. The number of nitrogens with one attached hydrogen (secondary N) is 1. The number of H-pyrrole nitrogens is 1. The second kappa shape index (κ2) is 10.7. The number of hydrogen-bond donors (Lipinski definition) is 1. The van der Waals surface area contributed by atoms with Crippen molar-refractivity contribution >= 4 is 35.0 Å². The molecule has 2 aromatic carbocycles. The lowest BCUT2D eigenvalue weighted by atomic mass is 9.94. The summed E-state index contributed by atoms with van der Waals surface area (Å²) < 4.78 is 5.34. The first-order chi connectivity index (χ1) is 18.5. The number of aromatic amines is 1. The van der Waals surface area contributed by atoms with Crippen molar-refractivity contribution < 1.29 is 14.3 Å². The van der Waals surface area contributed by atoms with Crippen molar-refractivity contribution in [2.75, 3.05) is 32.8 Å². The molecule has 0 saturated carbocycles. The fourth-order valence-corrected chi connectivity index (χ4v) is 6.57. The van der Waals surface area contributed by atoms with Crippen LogP contribution in [-0.2, 0) is 28.8 Å². The molecule has 1 N–H and O–H groups in total. The van der Waals surface area contributed by atoms with Gasteiger partial charge in [-0.3, -0.25) is 9.59 Å². The topological polar surface area (TPSA) is 78.5 Å². The van der Waals surface area contributed by atoms with E-state index in [9.17, 15) is 9.59 Å². The van der Waals surface area contributed by atoms with E-state index in [1.54, 1.807) is 6.33 Å². The minimum absolute atomic E-state index is 0.0135. The van der Waals surface area contributed by atoms with Crippen LogP contribution >= 0.6 is 23.2 Å². The van der Waals surface area contributed by atoms with Crippen LogP contribution in [0.1, 0.15) is 40.2 Å². The largest absolute Gasteiger partial charge is 0.378 e. The monoisotopic (exact) mass is 552 g/mol. The normalized spacial score (nSPS) is 21.6. The van der Waals surface area contributed by atoms with E-state index >= 15 is 0 Å². The van der Waals surface area contributed by atoms with Gasteiger partial charge in [-0.1, -0.05) is 35.3 Å². The lowest BCUT2D eigenvalue weighted by Gasteiger charge is -2.31. The van der Waals surface area contributed by atoms with E-state index in [1.165, 1.54) is 5.69 Å². The Morgan fingerprint density at radius 3 is 2.50 bits per heavy atom. The van der Waals surface area contributed by atoms with Gasteiger partial charge in [-0.15, -0.1) is 0 Å². The molecular weight excluding hydrogens is 523 g/mol. The summed E-state index contributed by atoms with van der Waals surface area (Å²) in [5.74, 6) is 0.0761. The van der Waals surface area contributed by atoms with E-state index < -0.39 is 0 Å². The maximum Gasteiger partial charge on any atom is 0.254 e. The van der Waals surface area contributed by atoms with Crippen molar-refractivity contribution in [1.29, 1.82) is 0 Å². The summed E-state index contributed by atoms with van der Waals surface area (Å²) in [7, 11) is 0. The molecule has 9 heteroatoms. The molecule has 198 valence electrons. The van der Waals surface area contributed by atoms with Crippen molar-refractivity contribution in [1.82, 2.24) is 19.8 Å². The van der Waals surface area contributed by atoms with Crippen LogP contribution in [0.2, 0.25) is 10.0 Å². The van der Waals surface area contributed by atoms with E-state index in [1.807, 2.05) is 46.2 Å². The van der Waals surface area contributed by atoms with Crippen molar-refractivity contribution in [2.45, 2.75) is 38.1 Å². The van der Waals surface area contributed by atoms with Crippen LogP contribution in [0.15, 0.2) is 42.7 Å². The first kappa shape index (κ1) is 25.4. The number of fused-ring (bicyclic) bond motifs is 1. The number of halogens is 2. The summed E-state index contributed by atoms with van der Waals surface area (Å²) >= 11 is 13.5. The number of aromatic nitrogens is 2. The van der Waals surface area contributed by atoms with E-state index in [0.29, 0.717) is 48.3 Å². The zero-order chi connectivity index (χ0) is 26.2. The van der Waals surface area contributed by atoms with Gasteiger partial charge < -0.3 is 19.5 Å². The van der Waals surface area contributed by atoms with Crippen LogP contribution in [0.4, 0.5) is 0 Å². The molecule has 2 unspecified atom stereocenters. The van der Waals surface area contributed by atoms with Gasteiger partial charge in [0.1, 0.15) is 0 Å². The fraction of sp³-hybridized carbons (Fsp3) is 0.414. The molecule has 1 aliphatic carbocycles. The summed E-state index contributed by atoms with van der Waals surface area (Å²) in [5, 5.41) is 1.12. The van der Waals surface area contributed by atoms with Gasteiger partial charge in [-0.25, -0.2) is 4.98 Å². The minimum Gasteiger partial charge on any atom is -0.378 e. The minimum atomic E-state index is -0.123. The van der Waals surface area contributed by atoms with Crippen molar-refractivity contribution in [3.63, 3.8) is 0 Å². The van der Waals surface area contributed by atoms with Crippen LogP contribution < -0.4 is 0 Å². The van der Waals surface area contributed by atoms with E-state index in [0.717, 1.165) is 54.6 Å². The first-order valence-electron chi connectivity index (χ1n) is 13.2. The van der Waals surface area contributed by atoms with Gasteiger partial charge in [0, 0.05) is 59.3 Å². The summed E-state index contributed by atoms with van der Waals surface area (Å²) in [6.45, 7) is 3.13. The van der Waals surface area contributed by atoms with Gasteiger partial charge >= 0.3 is 0 Å². The number of amides is 2. The number of carbonyl (C=O) groups excluding carboxylic acids is 2. The number of morpholine rings is 1. The Kier molecular flexibility index (Phi) is 7.16. The molecule has 3 heterocycles. The number of hydrogen-bond acceptors (Lipinski definition) is 4. The maximum atomic E-state index is 13.3. The highest BCUT2D eigenvalue weighted by Gasteiger charge is 2.38. The number of rotatable bonds is 5. The number of carbonyl (C=O) groups is 2. The summed E-state index contributed by atoms with van der Waals surface area (Å²) in [4.78, 5) is 37.6. The Balaban J connectivity index is 1.13. The summed E-state index contributed by atoms with van der Waals surface area (Å²) in [5.41, 5.74) is 5.55. The van der Waals surface area contributed by atoms with Gasteiger partial charge in [0.05, 0.1) is 25.2 Å². The predicted molar refractivity (Wildman–Crippen MR) is 147 cm³/mol. The molecule has 7 nitrogen and oxygen atoms in total. The lowest BCUT2D eigenvalue weighted by Crippen LogP contribution is -2.41. The van der Waals surface area contributed by atoms with Crippen LogP contribution in [-0.4, -0.2) is 70.5 Å². The average molecular weight is 553 g/mol. The summed E-state index contributed by atoms with van der Waals surface area (Å²) in [6.07, 6.45) is 5.77. The fourth-order valence-electron chi connectivity index (χ4n) is 5.92. The molecular formula is C29H30Cl2N4O3. The van der Waals surface area contributed by atoms with E-state index in [4.69, 9.17) is 27.9 Å². The Labute approximate surface area is 232 Å². The van der Waals surface area contributed by atoms with Crippen molar-refractivity contribution in [2.24, 2.45) is 5.92 Å². The predicted octanol–water partition coefficient (Wildman–Crippen LogP) is 4.80. The quantitative estimate of drug-likeness (QED) is 0.492. The third kappa shape index (κ3) is 4.95. The first-order valence-corrected chi connectivity index (χ1v) is 14.0. The van der Waals surface area contributed by atoms with Gasteiger partial charge in [-0.2, -0.15) is 0 Å². The molecule has 0 spiro atoms. The van der Waals surface area contributed by atoms with Gasteiger partial charge in [0.15, 0.2) is 0 Å². The molecule has 2 amide bonds. The molecule has 38 heavy (non-hydrogen) atoms. The highest BCUT2D eigenvalue weighted by molar-refractivity contribution is 6.36. The number of ether oxygens (including phenoxy) is 1. The highest BCUT2D eigenvalue weighted by atomic mass is 35.5. The molecule has 3 aromatic rings. The van der Waals surface area contributed by atoms with Gasteiger partial charge in [-0.05, 0) is 66.6 Å². The summed E-state index contributed by atoms with van der Waals surface area (Å²) in [6, 6.07) is 11.5. The maximum absolute atomic E-state index is 13.3. The molecule has 3 aliphatic rings. The lowest BCUT2D eigenvalue weighted by molar-refractivity contribution is -0.133. The average Bonchev–Trinajstić information content (AvgIpc) is 3.56. The van der Waals surface area contributed by atoms with Crippen molar-refractivity contribution in [3.8, 4) is 11.1 Å². The zero-order valence-corrected chi connectivity index (χ0v) is 22.6. The molecule has 0 radical (unpaired) electrons. The molecule has 2 atom stereocenters. The smallest absolute Gasteiger partial charge is 0.254 e. The molecule has 1 aromatic heterocycles. The molecule has 2 saturated heterocycles.